The summed E-state index contributed by atoms with van der Waals surface area (Å²) in [7, 11) is 3.67. The van der Waals surface area contributed by atoms with Gasteiger partial charge in [0.1, 0.15) is 0 Å². The molecule has 2 unspecified atom stereocenters. The zero-order chi connectivity index (χ0) is 12.2. The van der Waals surface area contributed by atoms with Gasteiger partial charge in [-0.25, -0.2) is 0 Å². The van der Waals surface area contributed by atoms with E-state index in [4.69, 9.17) is 14.2 Å². The van der Waals surface area contributed by atoms with E-state index in [-0.39, 0.29) is 6.10 Å². The highest BCUT2D eigenvalue weighted by Gasteiger charge is 2.06. The Kier molecular flexibility index (Phi) is 11.2. The molecule has 16 heavy (non-hydrogen) atoms. The second kappa shape index (κ2) is 11.3. The first-order valence-corrected chi connectivity index (χ1v) is 6.06. The van der Waals surface area contributed by atoms with Crippen molar-refractivity contribution in [1.82, 2.24) is 5.32 Å². The van der Waals surface area contributed by atoms with E-state index in [1.807, 2.05) is 7.05 Å². The number of methoxy groups -OCH3 is 1. The number of rotatable bonds is 11. The van der Waals surface area contributed by atoms with Crippen LogP contribution in [0.4, 0.5) is 0 Å². The number of hydrogen-bond acceptors (Lipinski definition) is 4. The number of ether oxygens (including phenoxy) is 3. The summed E-state index contributed by atoms with van der Waals surface area (Å²) in [4.78, 5) is 0. The minimum atomic E-state index is 0.282. The number of nitrogens with one attached hydrogen (secondary N) is 1. The van der Waals surface area contributed by atoms with Crippen molar-refractivity contribution in [2.75, 3.05) is 40.6 Å². The Morgan fingerprint density at radius 2 is 1.81 bits per heavy atom. The summed E-state index contributed by atoms with van der Waals surface area (Å²) in [5, 5.41) is 3.20. The van der Waals surface area contributed by atoms with Crippen LogP contribution in [0.15, 0.2) is 0 Å². The Morgan fingerprint density at radius 3 is 2.44 bits per heavy atom. The summed E-state index contributed by atoms with van der Waals surface area (Å²) in [6.07, 6.45) is 2.26. The zero-order valence-corrected chi connectivity index (χ0v) is 11.1. The van der Waals surface area contributed by atoms with Gasteiger partial charge in [0, 0.05) is 26.4 Å². The molecule has 2 atom stereocenters. The van der Waals surface area contributed by atoms with Crippen molar-refractivity contribution < 1.29 is 14.2 Å². The molecule has 0 rings (SSSR count). The van der Waals surface area contributed by atoms with Gasteiger partial charge in [0.2, 0.25) is 0 Å². The van der Waals surface area contributed by atoms with E-state index < -0.39 is 0 Å². The Bertz CT molecular complexity index is 144. The van der Waals surface area contributed by atoms with Gasteiger partial charge in [-0.15, -0.1) is 0 Å². The lowest BCUT2D eigenvalue weighted by Crippen LogP contribution is -2.27. The minimum Gasteiger partial charge on any atom is -0.385 e. The second-order valence-corrected chi connectivity index (χ2v) is 4.07. The molecular weight excluding hydrogens is 206 g/mol. The second-order valence-electron chi connectivity index (χ2n) is 4.07. The van der Waals surface area contributed by atoms with Gasteiger partial charge in [-0.3, -0.25) is 0 Å². The molecule has 0 aromatic carbocycles. The third kappa shape index (κ3) is 10.4. The van der Waals surface area contributed by atoms with E-state index in [2.05, 4.69) is 19.2 Å². The van der Waals surface area contributed by atoms with E-state index in [1.165, 1.54) is 0 Å². The van der Waals surface area contributed by atoms with Gasteiger partial charge in [0.25, 0.3) is 0 Å². The highest BCUT2D eigenvalue weighted by atomic mass is 16.5. The highest BCUT2D eigenvalue weighted by molar-refractivity contribution is 4.62. The van der Waals surface area contributed by atoms with Gasteiger partial charge in [0.15, 0.2) is 0 Å². The molecule has 4 nitrogen and oxygen atoms in total. The third-order valence-electron chi connectivity index (χ3n) is 2.45. The standard InChI is InChI=1S/C12H27NO3/c1-11(13-3)10-12(2)16-9-8-15-7-5-6-14-4/h11-13H,5-10H2,1-4H3. The van der Waals surface area contributed by atoms with Crippen molar-refractivity contribution in [3.05, 3.63) is 0 Å². The maximum atomic E-state index is 5.62. The molecule has 0 fully saturated rings. The molecule has 0 aliphatic carbocycles. The molecule has 0 aromatic heterocycles. The highest BCUT2D eigenvalue weighted by Crippen LogP contribution is 2.01. The summed E-state index contributed by atoms with van der Waals surface area (Å²) in [6, 6.07) is 0.498. The van der Waals surface area contributed by atoms with Crippen LogP contribution in [-0.4, -0.2) is 52.7 Å². The van der Waals surface area contributed by atoms with Crippen molar-refractivity contribution in [2.24, 2.45) is 0 Å². The third-order valence-corrected chi connectivity index (χ3v) is 2.45. The molecule has 0 aliphatic rings. The van der Waals surface area contributed by atoms with Crippen molar-refractivity contribution in [3.63, 3.8) is 0 Å². The maximum absolute atomic E-state index is 5.62. The fourth-order valence-electron chi connectivity index (χ4n) is 1.40. The lowest BCUT2D eigenvalue weighted by atomic mass is 10.1. The normalized spacial score (nSPS) is 15.0. The topological polar surface area (TPSA) is 39.7 Å². The van der Waals surface area contributed by atoms with E-state index in [0.717, 1.165) is 26.1 Å². The van der Waals surface area contributed by atoms with Gasteiger partial charge in [-0.2, -0.15) is 0 Å². The predicted octanol–water partition coefficient (Wildman–Crippen LogP) is 1.44. The first kappa shape index (κ1) is 15.8. The largest absolute Gasteiger partial charge is 0.385 e. The van der Waals surface area contributed by atoms with Gasteiger partial charge >= 0.3 is 0 Å². The van der Waals surface area contributed by atoms with Gasteiger partial charge < -0.3 is 19.5 Å². The summed E-state index contributed by atoms with van der Waals surface area (Å²) in [5.74, 6) is 0. The monoisotopic (exact) mass is 233 g/mol. The minimum absolute atomic E-state index is 0.282. The van der Waals surface area contributed by atoms with Crippen LogP contribution in [0.1, 0.15) is 26.7 Å². The van der Waals surface area contributed by atoms with Crippen LogP contribution in [0.3, 0.4) is 0 Å². The van der Waals surface area contributed by atoms with Crippen molar-refractivity contribution in [1.29, 1.82) is 0 Å². The Labute approximate surface area is 99.6 Å². The SMILES string of the molecule is CNC(C)CC(C)OCCOCCCOC. The predicted molar refractivity (Wildman–Crippen MR) is 65.9 cm³/mol. The molecule has 0 saturated carbocycles. The average Bonchev–Trinajstić information content (AvgIpc) is 2.27. The Hall–Kier alpha value is -0.160. The van der Waals surface area contributed by atoms with Crippen LogP contribution in [0.2, 0.25) is 0 Å². The van der Waals surface area contributed by atoms with Crippen LogP contribution in [0, 0.1) is 0 Å². The molecule has 98 valence electrons. The fourth-order valence-corrected chi connectivity index (χ4v) is 1.40. The summed E-state index contributed by atoms with van der Waals surface area (Å²) < 4.78 is 15.9. The van der Waals surface area contributed by atoms with Gasteiger partial charge in [-0.05, 0) is 33.7 Å². The maximum Gasteiger partial charge on any atom is 0.0704 e. The molecule has 4 heteroatoms. The van der Waals surface area contributed by atoms with Crippen LogP contribution in [-0.2, 0) is 14.2 Å². The van der Waals surface area contributed by atoms with Crippen molar-refractivity contribution in [2.45, 2.75) is 38.8 Å². The van der Waals surface area contributed by atoms with E-state index in [0.29, 0.717) is 19.3 Å². The molecule has 1 N–H and O–H groups in total. The zero-order valence-electron chi connectivity index (χ0n) is 11.1. The lowest BCUT2D eigenvalue weighted by molar-refractivity contribution is 0.00291. The van der Waals surface area contributed by atoms with Crippen LogP contribution in [0.5, 0.6) is 0 Å². The molecule has 0 radical (unpaired) electrons. The number of hydrogen-bond donors (Lipinski definition) is 1. The molecule has 0 heterocycles. The summed E-state index contributed by atoms with van der Waals surface area (Å²) >= 11 is 0. The molecule has 0 aromatic rings. The first-order valence-electron chi connectivity index (χ1n) is 6.06. The van der Waals surface area contributed by atoms with E-state index in [9.17, 15) is 0 Å². The Balaban J connectivity index is 3.18. The lowest BCUT2D eigenvalue weighted by Gasteiger charge is -2.17. The van der Waals surface area contributed by atoms with Crippen LogP contribution in [0.25, 0.3) is 0 Å². The van der Waals surface area contributed by atoms with E-state index >= 15 is 0 Å². The van der Waals surface area contributed by atoms with Crippen molar-refractivity contribution >= 4 is 0 Å². The molecule has 0 aliphatic heterocycles. The van der Waals surface area contributed by atoms with E-state index in [1.54, 1.807) is 7.11 Å². The van der Waals surface area contributed by atoms with Crippen molar-refractivity contribution in [3.8, 4) is 0 Å². The quantitative estimate of drug-likeness (QED) is 0.548. The van der Waals surface area contributed by atoms with Gasteiger partial charge in [-0.1, -0.05) is 0 Å². The molecule has 0 bridgehead atoms. The smallest absolute Gasteiger partial charge is 0.0704 e. The molecule has 0 spiro atoms. The fraction of sp³-hybridized carbons (Fsp3) is 1.00. The Morgan fingerprint density at radius 1 is 1.06 bits per heavy atom. The first-order chi connectivity index (χ1) is 7.70. The molecular formula is C12H27NO3. The molecule has 0 saturated heterocycles. The average molecular weight is 233 g/mol. The van der Waals surface area contributed by atoms with Crippen LogP contribution < -0.4 is 5.32 Å². The summed E-state index contributed by atoms with van der Waals surface area (Å²) in [6.45, 7) is 7.10. The molecule has 0 amide bonds. The van der Waals surface area contributed by atoms with Crippen LogP contribution >= 0.6 is 0 Å². The van der Waals surface area contributed by atoms with Gasteiger partial charge in [0.05, 0.1) is 19.3 Å². The summed E-state index contributed by atoms with van der Waals surface area (Å²) in [5.41, 5.74) is 0.